The van der Waals surface area contributed by atoms with E-state index in [1.54, 1.807) is 32.8 Å². The van der Waals surface area contributed by atoms with Gasteiger partial charge in [0.25, 0.3) is 5.56 Å². The van der Waals surface area contributed by atoms with E-state index in [2.05, 4.69) is 25.0 Å². The van der Waals surface area contributed by atoms with Gasteiger partial charge in [0.2, 0.25) is 0 Å². The van der Waals surface area contributed by atoms with Crippen LogP contribution in [0.25, 0.3) is 5.82 Å². The van der Waals surface area contributed by atoms with E-state index in [1.165, 1.54) is 0 Å². The van der Waals surface area contributed by atoms with Crippen LogP contribution in [0.4, 0.5) is 5.13 Å². The number of piperazine rings is 1. The number of aromatic nitrogens is 5. The molecule has 1 aliphatic heterocycles. The van der Waals surface area contributed by atoms with Crippen molar-refractivity contribution in [3.05, 3.63) is 51.5 Å². The van der Waals surface area contributed by atoms with Crippen LogP contribution in [0, 0.1) is 13.8 Å². The third-order valence-corrected chi connectivity index (χ3v) is 5.60. The number of aryl methyl sites for hydroxylation is 2. The van der Waals surface area contributed by atoms with Crippen molar-refractivity contribution >= 4 is 16.5 Å². The summed E-state index contributed by atoms with van der Waals surface area (Å²) in [6.45, 7) is 9.16. The minimum Gasteiger partial charge on any atom is -0.346 e. The lowest BCUT2D eigenvalue weighted by Gasteiger charge is -2.34. The summed E-state index contributed by atoms with van der Waals surface area (Å²) in [7, 11) is 0. The number of rotatable bonds is 5. The van der Waals surface area contributed by atoms with Gasteiger partial charge < -0.3 is 4.90 Å². The van der Waals surface area contributed by atoms with Crippen molar-refractivity contribution in [1.29, 1.82) is 0 Å². The Balaban J connectivity index is 1.39. The SMILES string of the molecule is Cc1cc(C)n(-c2ccc(=O)n(CCN3CCN(c4nccs4)CC3)n2)n1. The highest BCUT2D eigenvalue weighted by atomic mass is 32.1. The molecule has 8 nitrogen and oxygen atoms in total. The quantitative estimate of drug-likeness (QED) is 0.660. The van der Waals surface area contributed by atoms with Crippen LogP contribution in [0.2, 0.25) is 0 Å². The summed E-state index contributed by atoms with van der Waals surface area (Å²) in [5.41, 5.74) is 1.86. The van der Waals surface area contributed by atoms with Crippen LogP contribution >= 0.6 is 11.3 Å². The first kappa shape index (κ1) is 17.9. The number of hydrogen-bond donors (Lipinski definition) is 0. The summed E-state index contributed by atoms with van der Waals surface area (Å²) in [5.74, 6) is 0.675. The average molecular weight is 385 g/mol. The molecule has 4 heterocycles. The van der Waals surface area contributed by atoms with E-state index in [4.69, 9.17) is 0 Å². The summed E-state index contributed by atoms with van der Waals surface area (Å²) in [6.07, 6.45) is 1.85. The zero-order valence-corrected chi connectivity index (χ0v) is 16.4. The van der Waals surface area contributed by atoms with Crippen LogP contribution in [0.3, 0.4) is 0 Å². The summed E-state index contributed by atoms with van der Waals surface area (Å²) in [5, 5.41) is 12.1. The van der Waals surface area contributed by atoms with Gasteiger partial charge in [-0.05, 0) is 26.0 Å². The molecule has 0 aliphatic carbocycles. The Bertz CT molecular complexity index is 955. The maximum absolute atomic E-state index is 12.2. The predicted molar refractivity (Wildman–Crippen MR) is 106 cm³/mol. The minimum absolute atomic E-state index is 0.0818. The Hall–Kier alpha value is -2.52. The van der Waals surface area contributed by atoms with Gasteiger partial charge in [0.1, 0.15) is 0 Å². The molecule has 0 atom stereocenters. The van der Waals surface area contributed by atoms with Gasteiger partial charge in [0.05, 0.1) is 12.2 Å². The van der Waals surface area contributed by atoms with Crippen molar-refractivity contribution in [3.63, 3.8) is 0 Å². The Labute approximate surface area is 161 Å². The van der Waals surface area contributed by atoms with Gasteiger partial charge in [-0.15, -0.1) is 16.4 Å². The predicted octanol–water partition coefficient (Wildman–Crippen LogP) is 1.32. The average Bonchev–Trinajstić information content (AvgIpc) is 3.31. The lowest BCUT2D eigenvalue weighted by Crippen LogP contribution is -2.47. The zero-order valence-electron chi connectivity index (χ0n) is 15.6. The van der Waals surface area contributed by atoms with Crippen LogP contribution in [0.5, 0.6) is 0 Å². The van der Waals surface area contributed by atoms with Crippen LogP contribution in [0.1, 0.15) is 11.4 Å². The molecule has 9 heteroatoms. The smallest absolute Gasteiger partial charge is 0.266 e. The highest BCUT2D eigenvalue weighted by Gasteiger charge is 2.18. The van der Waals surface area contributed by atoms with Gasteiger partial charge in [-0.3, -0.25) is 9.69 Å². The van der Waals surface area contributed by atoms with Gasteiger partial charge in [-0.25, -0.2) is 14.3 Å². The first-order chi connectivity index (χ1) is 13.1. The molecule has 1 fully saturated rings. The summed E-state index contributed by atoms with van der Waals surface area (Å²) >= 11 is 1.68. The van der Waals surface area contributed by atoms with Crippen LogP contribution in [-0.4, -0.2) is 62.2 Å². The Morgan fingerprint density at radius 2 is 1.89 bits per heavy atom. The fourth-order valence-electron chi connectivity index (χ4n) is 3.34. The van der Waals surface area contributed by atoms with Gasteiger partial charge in [-0.2, -0.15) is 5.10 Å². The Kier molecular flexibility index (Phi) is 5.04. The lowest BCUT2D eigenvalue weighted by molar-refractivity contribution is 0.242. The number of nitrogens with zero attached hydrogens (tertiary/aromatic N) is 7. The van der Waals surface area contributed by atoms with Gasteiger partial charge in [-0.1, -0.05) is 0 Å². The second-order valence-corrected chi connectivity index (χ2v) is 7.61. The molecular weight excluding hydrogens is 362 g/mol. The standard InChI is InChI=1S/C18H23N7OS/c1-14-13-15(2)25(20-14)16-3-4-17(26)24(21-16)11-8-22-6-9-23(10-7-22)18-19-5-12-27-18/h3-5,12-13H,6-11H2,1-2H3. The lowest BCUT2D eigenvalue weighted by atomic mass is 10.3. The highest BCUT2D eigenvalue weighted by molar-refractivity contribution is 7.13. The molecule has 4 rings (SSSR count). The molecule has 0 aromatic carbocycles. The van der Waals surface area contributed by atoms with Crippen LogP contribution < -0.4 is 10.5 Å². The monoisotopic (exact) mass is 385 g/mol. The van der Waals surface area contributed by atoms with E-state index >= 15 is 0 Å². The Morgan fingerprint density at radius 3 is 2.56 bits per heavy atom. The molecule has 0 radical (unpaired) electrons. The molecule has 0 N–H and O–H groups in total. The third kappa shape index (κ3) is 3.93. The number of anilines is 1. The topological polar surface area (TPSA) is 72.1 Å². The number of thiazole rings is 1. The van der Waals surface area contributed by atoms with Crippen molar-refractivity contribution in [2.75, 3.05) is 37.6 Å². The Morgan fingerprint density at radius 1 is 1.07 bits per heavy atom. The van der Waals surface area contributed by atoms with E-state index in [0.29, 0.717) is 12.4 Å². The summed E-state index contributed by atoms with van der Waals surface area (Å²) in [6, 6.07) is 5.29. The molecule has 3 aromatic heterocycles. The molecule has 142 valence electrons. The first-order valence-electron chi connectivity index (χ1n) is 9.09. The largest absolute Gasteiger partial charge is 0.346 e. The molecule has 0 spiro atoms. The summed E-state index contributed by atoms with van der Waals surface area (Å²) in [4.78, 5) is 21.3. The van der Waals surface area contributed by atoms with E-state index in [1.807, 2.05) is 31.5 Å². The maximum atomic E-state index is 12.2. The van der Waals surface area contributed by atoms with Gasteiger partial charge >= 0.3 is 0 Å². The molecular formula is C18H23N7OS. The van der Waals surface area contributed by atoms with Crippen molar-refractivity contribution < 1.29 is 0 Å². The van der Waals surface area contributed by atoms with Crippen molar-refractivity contribution in [1.82, 2.24) is 29.4 Å². The van der Waals surface area contributed by atoms with E-state index in [-0.39, 0.29) is 5.56 Å². The first-order valence-corrected chi connectivity index (χ1v) is 9.97. The normalized spacial score (nSPS) is 15.4. The molecule has 1 aliphatic rings. The third-order valence-electron chi connectivity index (χ3n) is 4.77. The van der Waals surface area contributed by atoms with E-state index in [0.717, 1.165) is 49.2 Å². The van der Waals surface area contributed by atoms with Gasteiger partial charge in [0, 0.05) is 56.1 Å². The molecule has 27 heavy (non-hydrogen) atoms. The fraction of sp³-hybridized carbons (Fsp3) is 0.444. The molecule has 1 saturated heterocycles. The van der Waals surface area contributed by atoms with Crippen LogP contribution in [0.15, 0.2) is 34.6 Å². The minimum atomic E-state index is -0.0818. The van der Waals surface area contributed by atoms with Crippen molar-refractivity contribution in [3.8, 4) is 5.82 Å². The van der Waals surface area contributed by atoms with Crippen molar-refractivity contribution in [2.45, 2.75) is 20.4 Å². The van der Waals surface area contributed by atoms with Crippen molar-refractivity contribution in [2.24, 2.45) is 0 Å². The van der Waals surface area contributed by atoms with E-state index in [9.17, 15) is 4.79 Å². The van der Waals surface area contributed by atoms with Crippen LogP contribution in [-0.2, 0) is 6.54 Å². The van der Waals surface area contributed by atoms with E-state index < -0.39 is 0 Å². The second-order valence-electron chi connectivity index (χ2n) is 6.74. The zero-order chi connectivity index (χ0) is 18.8. The molecule has 3 aromatic rings. The summed E-state index contributed by atoms with van der Waals surface area (Å²) < 4.78 is 3.32. The highest BCUT2D eigenvalue weighted by Crippen LogP contribution is 2.18. The molecule has 0 amide bonds. The second kappa shape index (κ2) is 7.61. The maximum Gasteiger partial charge on any atom is 0.266 e. The molecule has 0 bridgehead atoms. The fourth-order valence-corrected chi connectivity index (χ4v) is 4.04. The molecule has 0 unspecified atom stereocenters. The number of hydrogen-bond acceptors (Lipinski definition) is 7. The van der Waals surface area contributed by atoms with Gasteiger partial charge in [0.15, 0.2) is 10.9 Å². The molecule has 0 saturated carbocycles.